The van der Waals surface area contributed by atoms with E-state index in [4.69, 9.17) is 16.3 Å². The van der Waals surface area contributed by atoms with Gasteiger partial charge in [0, 0.05) is 18.2 Å². The molecule has 2 rings (SSSR count). The molecule has 0 spiro atoms. The Morgan fingerprint density at radius 2 is 1.82 bits per heavy atom. The fourth-order valence-corrected chi connectivity index (χ4v) is 2.59. The fraction of sp³-hybridized carbons (Fsp3) is 0.133. The van der Waals surface area contributed by atoms with Gasteiger partial charge < -0.3 is 10.1 Å². The summed E-state index contributed by atoms with van der Waals surface area (Å²) in [5.74, 6) is -1.10. The molecule has 0 unspecified atom stereocenters. The molecular weight excluding hydrogens is 326 g/mol. The van der Waals surface area contributed by atoms with Crippen molar-refractivity contribution in [3.8, 4) is 0 Å². The maximum atomic E-state index is 11.9. The van der Waals surface area contributed by atoms with E-state index in [0.29, 0.717) is 20.5 Å². The van der Waals surface area contributed by atoms with Crippen molar-refractivity contribution < 1.29 is 19.1 Å². The standard InChI is InChI=1S/C15H12ClNO4S/c1-9(18)17-11-4-2-10(3-5-11)12(19)8-21-15(20)13-6-7-14(16)22-13/h2-7H,8H2,1H3,(H,17,18). The molecule has 114 valence electrons. The van der Waals surface area contributed by atoms with Crippen LogP contribution in [0.2, 0.25) is 4.34 Å². The van der Waals surface area contributed by atoms with E-state index in [9.17, 15) is 14.4 Å². The fourth-order valence-electron chi connectivity index (χ4n) is 1.65. The van der Waals surface area contributed by atoms with Crippen LogP contribution in [-0.2, 0) is 9.53 Å². The van der Waals surface area contributed by atoms with Gasteiger partial charge in [0.05, 0.1) is 4.34 Å². The molecule has 2 aromatic rings. The summed E-state index contributed by atoms with van der Waals surface area (Å²) in [4.78, 5) is 34.9. The first-order valence-corrected chi connectivity index (χ1v) is 7.48. The van der Waals surface area contributed by atoms with E-state index < -0.39 is 5.97 Å². The molecule has 0 fully saturated rings. The van der Waals surface area contributed by atoms with Crippen LogP contribution in [0.5, 0.6) is 0 Å². The number of halogens is 1. The summed E-state index contributed by atoms with van der Waals surface area (Å²) in [5, 5.41) is 2.60. The van der Waals surface area contributed by atoms with E-state index >= 15 is 0 Å². The van der Waals surface area contributed by atoms with Gasteiger partial charge in [-0.25, -0.2) is 4.79 Å². The maximum absolute atomic E-state index is 11.9. The van der Waals surface area contributed by atoms with Crippen LogP contribution >= 0.6 is 22.9 Å². The van der Waals surface area contributed by atoms with Crippen LogP contribution in [0.1, 0.15) is 27.0 Å². The molecule has 0 saturated carbocycles. The second-order valence-electron chi connectivity index (χ2n) is 4.36. The van der Waals surface area contributed by atoms with Gasteiger partial charge in [-0.2, -0.15) is 0 Å². The third kappa shape index (κ3) is 4.41. The van der Waals surface area contributed by atoms with Gasteiger partial charge in [0.2, 0.25) is 5.91 Å². The van der Waals surface area contributed by atoms with Crippen molar-refractivity contribution in [3.05, 3.63) is 51.2 Å². The third-order valence-corrected chi connectivity index (χ3v) is 3.85. The molecule has 7 heteroatoms. The molecule has 1 amide bonds. The molecule has 1 aromatic carbocycles. The van der Waals surface area contributed by atoms with Gasteiger partial charge in [0.15, 0.2) is 12.4 Å². The molecule has 0 saturated heterocycles. The maximum Gasteiger partial charge on any atom is 0.348 e. The number of ether oxygens (including phenoxy) is 1. The summed E-state index contributed by atoms with van der Waals surface area (Å²) >= 11 is 6.82. The smallest absolute Gasteiger partial charge is 0.348 e. The monoisotopic (exact) mass is 337 g/mol. The van der Waals surface area contributed by atoms with Gasteiger partial charge in [0.25, 0.3) is 0 Å². The number of Topliss-reactive ketones (excluding diaryl/α,β-unsaturated/α-hetero) is 1. The highest BCUT2D eigenvalue weighted by Gasteiger charge is 2.13. The minimum absolute atomic E-state index is 0.192. The highest BCUT2D eigenvalue weighted by molar-refractivity contribution is 7.17. The van der Waals surface area contributed by atoms with Crippen LogP contribution in [0.25, 0.3) is 0 Å². The predicted octanol–water partition coefficient (Wildman–Crippen LogP) is 3.40. The molecule has 1 heterocycles. The summed E-state index contributed by atoms with van der Waals surface area (Å²) in [5.41, 5.74) is 0.986. The van der Waals surface area contributed by atoms with Gasteiger partial charge >= 0.3 is 5.97 Å². The number of amides is 1. The lowest BCUT2D eigenvalue weighted by Crippen LogP contribution is -2.13. The van der Waals surface area contributed by atoms with Crippen LogP contribution < -0.4 is 5.32 Å². The first-order valence-electron chi connectivity index (χ1n) is 6.29. The predicted molar refractivity (Wildman–Crippen MR) is 84.7 cm³/mol. The normalized spacial score (nSPS) is 10.1. The molecular formula is C15H12ClNO4S. The average molecular weight is 338 g/mol. The number of esters is 1. The van der Waals surface area contributed by atoms with Crippen LogP contribution in [0.3, 0.4) is 0 Å². The number of hydrogen-bond acceptors (Lipinski definition) is 5. The Hall–Kier alpha value is -2.18. The largest absolute Gasteiger partial charge is 0.453 e. The van der Waals surface area contributed by atoms with Gasteiger partial charge in [-0.05, 0) is 36.4 Å². The lowest BCUT2D eigenvalue weighted by atomic mass is 10.1. The van der Waals surface area contributed by atoms with E-state index in [2.05, 4.69) is 5.32 Å². The van der Waals surface area contributed by atoms with Crippen LogP contribution in [-0.4, -0.2) is 24.3 Å². The Morgan fingerprint density at radius 1 is 1.14 bits per heavy atom. The zero-order valence-electron chi connectivity index (χ0n) is 11.6. The van der Waals surface area contributed by atoms with Gasteiger partial charge in [-0.3, -0.25) is 9.59 Å². The SMILES string of the molecule is CC(=O)Nc1ccc(C(=O)COC(=O)c2ccc(Cl)s2)cc1. The number of carbonyl (C=O) groups is 3. The number of anilines is 1. The Morgan fingerprint density at radius 3 is 2.36 bits per heavy atom. The lowest BCUT2D eigenvalue weighted by molar-refractivity contribution is -0.114. The number of thiophene rings is 1. The highest BCUT2D eigenvalue weighted by atomic mass is 35.5. The molecule has 1 N–H and O–H groups in total. The van der Waals surface area contributed by atoms with Crippen LogP contribution in [0.4, 0.5) is 5.69 Å². The van der Waals surface area contributed by atoms with Crippen LogP contribution in [0, 0.1) is 0 Å². The quantitative estimate of drug-likeness (QED) is 0.670. The van der Waals surface area contributed by atoms with Crippen molar-refractivity contribution in [2.45, 2.75) is 6.92 Å². The molecule has 5 nitrogen and oxygen atoms in total. The lowest BCUT2D eigenvalue weighted by Gasteiger charge is -2.05. The first kappa shape index (κ1) is 16.2. The second-order valence-corrected chi connectivity index (χ2v) is 6.08. The molecule has 1 aromatic heterocycles. The Labute approximate surface area is 135 Å². The Bertz CT molecular complexity index is 709. The first-order chi connectivity index (χ1) is 10.5. The van der Waals surface area contributed by atoms with E-state index in [0.717, 1.165) is 11.3 Å². The summed E-state index contributed by atoms with van der Waals surface area (Å²) in [6, 6.07) is 9.46. The summed E-state index contributed by atoms with van der Waals surface area (Å²) in [6.07, 6.45) is 0. The second kappa shape index (κ2) is 7.20. The van der Waals surface area contributed by atoms with Crippen molar-refractivity contribution in [1.29, 1.82) is 0 Å². The van der Waals surface area contributed by atoms with Gasteiger partial charge in [0.1, 0.15) is 4.88 Å². The van der Waals surface area contributed by atoms with Crippen molar-refractivity contribution in [1.82, 2.24) is 0 Å². The third-order valence-electron chi connectivity index (χ3n) is 2.64. The van der Waals surface area contributed by atoms with E-state index in [1.807, 2.05) is 0 Å². The summed E-state index contributed by atoms with van der Waals surface area (Å²) in [6.45, 7) is 1.04. The number of hydrogen-bond donors (Lipinski definition) is 1. The molecule has 22 heavy (non-hydrogen) atoms. The van der Waals surface area contributed by atoms with Crippen LogP contribution in [0.15, 0.2) is 36.4 Å². The van der Waals surface area contributed by atoms with Gasteiger partial charge in [-0.15, -0.1) is 11.3 Å². The minimum Gasteiger partial charge on any atom is -0.453 e. The molecule has 0 aliphatic heterocycles. The highest BCUT2D eigenvalue weighted by Crippen LogP contribution is 2.22. The van der Waals surface area contributed by atoms with E-state index in [1.54, 1.807) is 36.4 Å². The van der Waals surface area contributed by atoms with Crippen molar-refractivity contribution >= 4 is 46.3 Å². The number of carbonyl (C=O) groups excluding carboxylic acids is 3. The Kier molecular flexibility index (Phi) is 5.30. The molecule has 0 radical (unpaired) electrons. The minimum atomic E-state index is -0.583. The number of nitrogens with one attached hydrogen (secondary N) is 1. The topological polar surface area (TPSA) is 72.5 Å². The van der Waals surface area contributed by atoms with Crippen molar-refractivity contribution in [3.63, 3.8) is 0 Å². The average Bonchev–Trinajstić information content (AvgIpc) is 2.91. The molecule has 0 bridgehead atoms. The zero-order valence-corrected chi connectivity index (χ0v) is 13.2. The molecule has 0 aliphatic rings. The summed E-state index contributed by atoms with van der Waals surface area (Å²) < 4.78 is 5.42. The number of ketones is 1. The van der Waals surface area contributed by atoms with Gasteiger partial charge in [-0.1, -0.05) is 11.6 Å². The number of rotatable bonds is 5. The molecule has 0 atom stereocenters. The van der Waals surface area contributed by atoms with Crippen molar-refractivity contribution in [2.24, 2.45) is 0 Å². The Balaban J connectivity index is 1.92. The summed E-state index contributed by atoms with van der Waals surface area (Å²) in [7, 11) is 0. The molecule has 0 aliphatic carbocycles. The van der Waals surface area contributed by atoms with E-state index in [-0.39, 0.29) is 18.3 Å². The van der Waals surface area contributed by atoms with E-state index in [1.165, 1.54) is 6.92 Å². The number of benzene rings is 1. The zero-order chi connectivity index (χ0) is 16.1. The van der Waals surface area contributed by atoms with Crippen molar-refractivity contribution in [2.75, 3.05) is 11.9 Å².